The van der Waals surface area contributed by atoms with Gasteiger partial charge in [0.25, 0.3) is 0 Å². The van der Waals surface area contributed by atoms with Crippen LogP contribution in [0.4, 0.5) is 0 Å². The molecule has 1 saturated carbocycles. The summed E-state index contributed by atoms with van der Waals surface area (Å²) in [6.45, 7) is 12.7. The molecule has 2 rings (SSSR count). The van der Waals surface area contributed by atoms with E-state index in [0.29, 0.717) is 12.0 Å². The van der Waals surface area contributed by atoms with Crippen LogP contribution in [0.15, 0.2) is 0 Å². The summed E-state index contributed by atoms with van der Waals surface area (Å²) in [5.74, 6) is 1.39. The predicted molar refractivity (Wildman–Crippen MR) is 84.9 cm³/mol. The number of rotatable bonds is 5. The second kappa shape index (κ2) is 7.77. The van der Waals surface area contributed by atoms with E-state index >= 15 is 0 Å². The van der Waals surface area contributed by atoms with Gasteiger partial charge in [0.05, 0.1) is 6.10 Å². The number of piperazine rings is 1. The highest BCUT2D eigenvalue weighted by Crippen LogP contribution is 2.32. The Morgan fingerprint density at radius 1 is 1.10 bits per heavy atom. The van der Waals surface area contributed by atoms with Gasteiger partial charge in [0.15, 0.2) is 0 Å². The molecule has 0 bridgehead atoms. The third-order valence-electron chi connectivity index (χ3n) is 5.38. The number of aliphatic hydroxyl groups is 1. The Hall–Kier alpha value is -0.120. The molecule has 1 N–H and O–H groups in total. The second-order valence-corrected chi connectivity index (χ2v) is 7.23. The first-order valence-electron chi connectivity index (χ1n) is 8.74. The number of nitrogens with zero attached hydrogens (tertiary/aromatic N) is 2. The van der Waals surface area contributed by atoms with Gasteiger partial charge < -0.3 is 10.0 Å². The van der Waals surface area contributed by atoms with Gasteiger partial charge >= 0.3 is 0 Å². The highest BCUT2D eigenvalue weighted by Gasteiger charge is 2.31. The molecule has 20 heavy (non-hydrogen) atoms. The Labute approximate surface area is 125 Å². The van der Waals surface area contributed by atoms with Gasteiger partial charge in [0, 0.05) is 38.8 Å². The van der Waals surface area contributed by atoms with Gasteiger partial charge in [0.2, 0.25) is 0 Å². The van der Waals surface area contributed by atoms with Crippen LogP contribution in [0.1, 0.15) is 52.9 Å². The van der Waals surface area contributed by atoms with Crippen LogP contribution >= 0.6 is 0 Å². The fraction of sp³-hybridized carbons (Fsp3) is 1.00. The molecule has 0 spiro atoms. The molecule has 118 valence electrons. The van der Waals surface area contributed by atoms with E-state index in [1.165, 1.54) is 51.9 Å². The monoisotopic (exact) mass is 282 g/mol. The maximum absolute atomic E-state index is 10.3. The Balaban J connectivity index is 1.77. The maximum atomic E-state index is 10.3. The second-order valence-electron chi connectivity index (χ2n) is 7.23. The van der Waals surface area contributed by atoms with Crippen molar-refractivity contribution in [1.82, 2.24) is 9.80 Å². The number of hydrogen-bond acceptors (Lipinski definition) is 3. The summed E-state index contributed by atoms with van der Waals surface area (Å²) in [6.07, 6.45) is 6.12. The molecule has 0 aromatic carbocycles. The van der Waals surface area contributed by atoms with Crippen LogP contribution in [0.3, 0.4) is 0 Å². The van der Waals surface area contributed by atoms with Crippen molar-refractivity contribution < 1.29 is 5.11 Å². The largest absolute Gasteiger partial charge is 0.393 e. The lowest BCUT2D eigenvalue weighted by atomic mass is 9.77. The van der Waals surface area contributed by atoms with Gasteiger partial charge in [0.1, 0.15) is 0 Å². The molecule has 3 atom stereocenters. The van der Waals surface area contributed by atoms with Gasteiger partial charge in [-0.15, -0.1) is 0 Å². The van der Waals surface area contributed by atoms with Crippen molar-refractivity contribution in [2.45, 2.75) is 65.0 Å². The Morgan fingerprint density at radius 3 is 2.40 bits per heavy atom. The molecule has 2 fully saturated rings. The van der Waals surface area contributed by atoms with Crippen LogP contribution in [-0.4, -0.2) is 59.8 Å². The zero-order chi connectivity index (χ0) is 14.5. The van der Waals surface area contributed by atoms with Crippen molar-refractivity contribution in [3.05, 3.63) is 0 Å². The van der Waals surface area contributed by atoms with Gasteiger partial charge in [-0.3, -0.25) is 4.90 Å². The highest BCUT2D eigenvalue weighted by atomic mass is 16.3. The molecule has 3 heteroatoms. The van der Waals surface area contributed by atoms with Crippen LogP contribution in [0.25, 0.3) is 0 Å². The standard InChI is InChI=1S/C17H34N2O/c1-4-5-15-6-7-17(20)16(12-15)13-18-8-10-19(11-9-18)14(2)3/h14-17,20H,4-13H2,1-3H3. The fourth-order valence-corrected chi connectivity index (χ4v) is 4.01. The summed E-state index contributed by atoms with van der Waals surface area (Å²) in [5.41, 5.74) is 0. The quantitative estimate of drug-likeness (QED) is 0.839. The zero-order valence-electron chi connectivity index (χ0n) is 13.7. The average molecular weight is 282 g/mol. The van der Waals surface area contributed by atoms with E-state index in [2.05, 4.69) is 30.6 Å². The van der Waals surface area contributed by atoms with E-state index in [4.69, 9.17) is 0 Å². The van der Waals surface area contributed by atoms with E-state index in [9.17, 15) is 5.11 Å². The lowest BCUT2D eigenvalue weighted by Crippen LogP contribution is -2.51. The first kappa shape index (κ1) is 16.3. The predicted octanol–water partition coefficient (Wildman–Crippen LogP) is 2.59. The van der Waals surface area contributed by atoms with Crippen molar-refractivity contribution in [1.29, 1.82) is 0 Å². The Kier molecular flexibility index (Phi) is 6.31. The van der Waals surface area contributed by atoms with Gasteiger partial charge in [-0.25, -0.2) is 0 Å². The molecule has 3 nitrogen and oxygen atoms in total. The minimum atomic E-state index is -0.0498. The molecule has 1 aliphatic carbocycles. The highest BCUT2D eigenvalue weighted by molar-refractivity contribution is 4.84. The molecule has 0 aromatic heterocycles. The number of aliphatic hydroxyl groups excluding tert-OH is 1. The van der Waals surface area contributed by atoms with Gasteiger partial charge in [-0.05, 0) is 44.9 Å². The van der Waals surface area contributed by atoms with Crippen molar-refractivity contribution in [2.24, 2.45) is 11.8 Å². The molecule has 0 amide bonds. The zero-order valence-corrected chi connectivity index (χ0v) is 13.7. The van der Waals surface area contributed by atoms with E-state index in [-0.39, 0.29) is 6.10 Å². The third-order valence-corrected chi connectivity index (χ3v) is 5.38. The molecular weight excluding hydrogens is 248 g/mol. The summed E-state index contributed by atoms with van der Waals surface area (Å²) < 4.78 is 0. The first-order chi connectivity index (χ1) is 9.60. The molecule has 1 aliphatic heterocycles. The van der Waals surface area contributed by atoms with Crippen molar-refractivity contribution in [2.75, 3.05) is 32.7 Å². The van der Waals surface area contributed by atoms with E-state index in [0.717, 1.165) is 18.9 Å². The van der Waals surface area contributed by atoms with Crippen molar-refractivity contribution in [3.63, 3.8) is 0 Å². The minimum Gasteiger partial charge on any atom is -0.393 e. The third kappa shape index (κ3) is 4.44. The molecule has 3 unspecified atom stereocenters. The fourth-order valence-electron chi connectivity index (χ4n) is 4.01. The number of hydrogen-bond donors (Lipinski definition) is 1. The summed E-state index contributed by atoms with van der Waals surface area (Å²) >= 11 is 0. The normalized spacial score (nSPS) is 33.8. The van der Waals surface area contributed by atoms with E-state index in [1.54, 1.807) is 0 Å². The molecule has 0 aromatic rings. The molecule has 0 radical (unpaired) electrons. The van der Waals surface area contributed by atoms with Crippen molar-refractivity contribution >= 4 is 0 Å². The first-order valence-corrected chi connectivity index (χ1v) is 8.74. The topological polar surface area (TPSA) is 26.7 Å². The van der Waals surface area contributed by atoms with Crippen LogP contribution in [0, 0.1) is 11.8 Å². The molecule has 2 aliphatic rings. The smallest absolute Gasteiger partial charge is 0.0580 e. The molecule has 1 saturated heterocycles. The van der Waals surface area contributed by atoms with Crippen molar-refractivity contribution in [3.8, 4) is 0 Å². The van der Waals surface area contributed by atoms with Gasteiger partial charge in [-0.2, -0.15) is 0 Å². The SMILES string of the molecule is CCCC1CCC(O)C(CN2CCN(C(C)C)CC2)C1. The Bertz CT molecular complexity index is 274. The average Bonchev–Trinajstić information content (AvgIpc) is 2.43. The van der Waals surface area contributed by atoms with Crippen LogP contribution < -0.4 is 0 Å². The lowest BCUT2D eigenvalue weighted by Gasteiger charge is -2.41. The summed E-state index contributed by atoms with van der Waals surface area (Å²) in [7, 11) is 0. The summed E-state index contributed by atoms with van der Waals surface area (Å²) in [4.78, 5) is 5.15. The Morgan fingerprint density at radius 2 is 1.80 bits per heavy atom. The lowest BCUT2D eigenvalue weighted by molar-refractivity contribution is 0.0127. The van der Waals surface area contributed by atoms with E-state index < -0.39 is 0 Å². The maximum Gasteiger partial charge on any atom is 0.0580 e. The summed E-state index contributed by atoms with van der Waals surface area (Å²) in [5, 5.41) is 10.3. The molecule has 1 heterocycles. The van der Waals surface area contributed by atoms with E-state index in [1.807, 2.05) is 0 Å². The van der Waals surface area contributed by atoms with Crippen LogP contribution in [-0.2, 0) is 0 Å². The van der Waals surface area contributed by atoms with Crippen LogP contribution in [0.2, 0.25) is 0 Å². The summed E-state index contributed by atoms with van der Waals surface area (Å²) in [6, 6.07) is 0.673. The molecular formula is C17H34N2O. The van der Waals surface area contributed by atoms with Crippen LogP contribution in [0.5, 0.6) is 0 Å². The minimum absolute atomic E-state index is 0.0498. The van der Waals surface area contributed by atoms with Gasteiger partial charge in [-0.1, -0.05) is 19.8 Å².